The molecule has 1 saturated heterocycles. The average molecular weight is 279 g/mol. The van der Waals surface area contributed by atoms with Crippen LogP contribution in [0.15, 0.2) is 6.07 Å². The lowest BCUT2D eigenvalue weighted by atomic mass is 10.1. The van der Waals surface area contributed by atoms with Crippen LogP contribution in [0, 0.1) is 0 Å². The maximum Gasteiger partial charge on any atom is 0.253 e. The SMILES string of the molecule is O=C(NC1CCCNC1)c1cc(Cl)sc1Cl. The van der Waals surface area contributed by atoms with Crippen LogP contribution < -0.4 is 10.6 Å². The van der Waals surface area contributed by atoms with Gasteiger partial charge in [0, 0.05) is 12.6 Å². The number of hydrogen-bond acceptors (Lipinski definition) is 3. The van der Waals surface area contributed by atoms with Crippen molar-refractivity contribution >= 4 is 40.4 Å². The zero-order valence-electron chi connectivity index (χ0n) is 8.56. The van der Waals surface area contributed by atoms with E-state index in [9.17, 15) is 4.79 Å². The number of amides is 1. The fourth-order valence-corrected chi connectivity index (χ4v) is 3.19. The summed E-state index contributed by atoms with van der Waals surface area (Å²) in [6, 6.07) is 1.80. The Labute approximate surface area is 108 Å². The van der Waals surface area contributed by atoms with Gasteiger partial charge in [0.1, 0.15) is 4.34 Å². The molecule has 0 radical (unpaired) electrons. The number of carbonyl (C=O) groups is 1. The van der Waals surface area contributed by atoms with Gasteiger partial charge in [0.25, 0.3) is 5.91 Å². The number of halogens is 2. The van der Waals surface area contributed by atoms with Crippen molar-refractivity contribution in [2.45, 2.75) is 18.9 Å². The Morgan fingerprint density at radius 1 is 1.56 bits per heavy atom. The molecule has 2 rings (SSSR count). The standard InChI is InChI=1S/C10H12Cl2N2OS/c11-8-4-7(9(12)16-8)10(15)14-6-2-1-3-13-5-6/h4,6,13H,1-3,5H2,(H,14,15). The molecule has 1 aromatic heterocycles. The van der Waals surface area contributed by atoms with Gasteiger partial charge in [-0.05, 0) is 25.5 Å². The van der Waals surface area contributed by atoms with E-state index >= 15 is 0 Å². The Bertz CT molecular complexity index is 388. The molecular weight excluding hydrogens is 267 g/mol. The van der Waals surface area contributed by atoms with Crippen LogP contribution in [-0.2, 0) is 0 Å². The fraction of sp³-hybridized carbons (Fsp3) is 0.500. The van der Waals surface area contributed by atoms with Crippen molar-refractivity contribution in [3.8, 4) is 0 Å². The molecule has 6 heteroatoms. The van der Waals surface area contributed by atoms with Gasteiger partial charge in [-0.15, -0.1) is 11.3 Å². The first-order valence-electron chi connectivity index (χ1n) is 5.13. The van der Waals surface area contributed by atoms with Gasteiger partial charge < -0.3 is 10.6 Å². The van der Waals surface area contributed by atoms with Gasteiger partial charge in [-0.3, -0.25) is 4.79 Å². The van der Waals surface area contributed by atoms with Gasteiger partial charge in [-0.25, -0.2) is 0 Å². The van der Waals surface area contributed by atoms with Crippen molar-refractivity contribution in [3.05, 3.63) is 20.3 Å². The minimum atomic E-state index is -0.137. The second-order valence-electron chi connectivity index (χ2n) is 3.75. The highest BCUT2D eigenvalue weighted by Crippen LogP contribution is 2.31. The molecule has 0 aliphatic carbocycles. The summed E-state index contributed by atoms with van der Waals surface area (Å²) in [7, 11) is 0. The van der Waals surface area contributed by atoms with E-state index in [-0.39, 0.29) is 11.9 Å². The van der Waals surface area contributed by atoms with E-state index in [2.05, 4.69) is 10.6 Å². The van der Waals surface area contributed by atoms with Crippen molar-refractivity contribution in [1.82, 2.24) is 10.6 Å². The maximum absolute atomic E-state index is 11.9. The molecule has 2 N–H and O–H groups in total. The summed E-state index contributed by atoms with van der Waals surface area (Å²) in [5.41, 5.74) is 0.474. The lowest BCUT2D eigenvalue weighted by Gasteiger charge is -2.23. The van der Waals surface area contributed by atoms with E-state index in [1.165, 1.54) is 11.3 Å². The molecule has 1 amide bonds. The number of hydrogen-bond donors (Lipinski definition) is 2. The first-order valence-corrected chi connectivity index (χ1v) is 6.70. The molecule has 1 fully saturated rings. The molecule has 0 spiro atoms. The molecule has 0 bridgehead atoms. The molecule has 1 aliphatic rings. The molecule has 1 aromatic rings. The Hall–Kier alpha value is -0.290. The number of thiophene rings is 1. The van der Waals surface area contributed by atoms with E-state index in [1.807, 2.05) is 0 Å². The predicted octanol–water partition coefficient (Wildman–Crippen LogP) is 2.54. The third kappa shape index (κ3) is 2.88. The van der Waals surface area contributed by atoms with Crippen LogP contribution in [0.1, 0.15) is 23.2 Å². The topological polar surface area (TPSA) is 41.1 Å². The summed E-state index contributed by atoms with van der Waals surface area (Å²) in [5.74, 6) is -0.137. The van der Waals surface area contributed by atoms with E-state index in [1.54, 1.807) is 6.07 Å². The Morgan fingerprint density at radius 3 is 2.94 bits per heavy atom. The molecule has 1 aliphatic heterocycles. The number of nitrogens with one attached hydrogen (secondary N) is 2. The number of piperidine rings is 1. The van der Waals surface area contributed by atoms with Gasteiger partial charge >= 0.3 is 0 Å². The van der Waals surface area contributed by atoms with Crippen molar-refractivity contribution < 1.29 is 4.79 Å². The van der Waals surface area contributed by atoms with Gasteiger partial charge in [-0.2, -0.15) is 0 Å². The zero-order valence-corrected chi connectivity index (χ0v) is 10.9. The third-order valence-electron chi connectivity index (χ3n) is 2.53. The highest BCUT2D eigenvalue weighted by Gasteiger charge is 2.19. The Morgan fingerprint density at radius 2 is 2.38 bits per heavy atom. The van der Waals surface area contributed by atoms with Crippen molar-refractivity contribution in [2.75, 3.05) is 13.1 Å². The number of carbonyl (C=O) groups excluding carboxylic acids is 1. The summed E-state index contributed by atoms with van der Waals surface area (Å²) < 4.78 is 0.989. The first-order chi connectivity index (χ1) is 7.66. The minimum Gasteiger partial charge on any atom is -0.348 e. The predicted molar refractivity (Wildman–Crippen MR) is 67.7 cm³/mol. The fourth-order valence-electron chi connectivity index (χ4n) is 1.73. The first kappa shape index (κ1) is 12.2. The van der Waals surface area contributed by atoms with E-state index in [0.29, 0.717) is 14.2 Å². The van der Waals surface area contributed by atoms with Crippen LogP contribution in [0.3, 0.4) is 0 Å². The zero-order chi connectivity index (χ0) is 11.5. The van der Waals surface area contributed by atoms with Gasteiger partial charge in [0.2, 0.25) is 0 Å². The van der Waals surface area contributed by atoms with Gasteiger partial charge in [0.05, 0.1) is 9.90 Å². The van der Waals surface area contributed by atoms with Crippen molar-refractivity contribution in [1.29, 1.82) is 0 Å². The molecule has 1 atom stereocenters. The number of rotatable bonds is 2. The average Bonchev–Trinajstić information content (AvgIpc) is 2.59. The lowest BCUT2D eigenvalue weighted by molar-refractivity contribution is 0.0931. The van der Waals surface area contributed by atoms with Gasteiger partial charge in [0.15, 0.2) is 0 Å². The second kappa shape index (κ2) is 5.36. The molecule has 1 unspecified atom stereocenters. The van der Waals surface area contributed by atoms with E-state index < -0.39 is 0 Å². The largest absolute Gasteiger partial charge is 0.348 e. The summed E-state index contributed by atoms with van der Waals surface area (Å²) in [6.45, 7) is 1.85. The Balaban J connectivity index is 1.99. The Kier molecular flexibility index (Phi) is 4.08. The highest BCUT2D eigenvalue weighted by atomic mass is 35.5. The van der Waals surface area contributed by atoms with Crippen LogP contribution in [0.25, 0.3) is 0 Å². The molecule has 0 aromatic carbocycles. The van der Waals surface area contributed by atoms with Crippen molar-refractivity contribution in [3.63, 3.8) is 0 Å². The van der Waals surface area contributed by atoms with E-state index in [0.717, 1.165) is 25.9 Å². The third-order valence-corrected chi connectivity index (χ3v) is 4.02. The normalized spacial score (nSPS) is 20.8. The summed E-state index contributed by atoms with van der Waals surface area (Å²) in [5, 5.41) is 6.19. The smallest absolute Gasteiger partial charge is 0.253 e. The van der Waals surface area contributed by atoms with Crippen LogP contribution in [0.5, 0.6) is 0 Å². The molecule has 3 nitrogen and oxygen atoms in total. The quantitative estimate of drug-likeness (QED) is 0.873. The second-order valence-corrected chi connectivity index (χ2v) is 6.04. The molecule has 16 heavy (non-hydrogen) atoms. The summed E-state index contributed by atoms with van der Waals surface area (Å²) >= 11 is 12.9. The minimum absolute atomic E-state index is 0.137. The van der Waals surface area contributed by atoms with Gasteiger partial charge in [-0.1, -0.05) is 23.2 Å². The maximum atomic E-state index is 11.9. The summed E-state index contributed by atoms with van der Waals surface area (Å²) in [4.78, 5) is 11.9. The van der Waals surface area contributed by atoms with Crippen LogP contribution in [0.2, 0.25) is 8.67 Å². The summed E-state index contributed by atoms with van der Waals surface area (Å²) in [6.07, 6.45) is 2.09. The van der Waals surface area contributed by atoms with Crippen LogP contribution in [0.4, 0.5) is 0 Å². The molecular formula is C10H12Cl2N2OS. The highest BCUT2D eigenvalue weighted by molar-refractivity contribution is 7.20. The van der Waals surface area contributed by atoms with Crippen LogP contribution in [-0.4, -0.2) is 25.0 Å². The molecule has 88 valence electrons. The van der Waals surface area contributed by atoms with Crippen LogP contribution >= 0.6 is 34.5 Å². The molecule has 2 heterocycles. The van der Waals surface area contributed by atoms with E-state index in [4.69, 9.17) is 23.2 Å². The van der Waals surface area contributed by atoms with Crippen molar-refractivity contribution in [2.24, 2.45) is 0 Å². The molecule has 0 saturated carbocycles. The monoisotopic (exact) mass is 278 g/mol. The lowest BCUT2D eigenvalue weighted by Crippen LogP contribution is -2.45.